The van der Waals surface area contributed by atoms with Crippen molar-refractivity contribution < 1.29 is 18.3 Å². The summed E-state index contributed by atoms with van der Waals surface area (Å²) in [5, 5.41) is 8.85. The van der Waals surface area contributed by atoms with Gasteiger partial charge in [-0.05, 0) is 24.3 Å². The van der Waals surface area contributed by atoms with Crippen molar-refractivity contribution in [2.45, 2.75) is 6.61 Å². The van der Waals surface area contributed by atoms with Crippen LogP contribution in [-0.4, -0.2) is 5.91 Å². The highest BCUT2D eigenvalue weighted by Gasteiger charge is 2.12. The smallest absolute Gasteiger partial charge is 0.300 e. The van der Waals surface area contributed by atoms with Gasteiger partial charge >= 0.3 is 5.91 Å². The molecule has 0 saturated carbocycles. The van der Waals surface area contributed by atoms with Gasteiger partial charge in [-0.15, -0.1) is 0 Å². The van der Waals surface area contributed by atoms with Gasteiger partial charge in [-0.1, -0.05) is 6.07 Å². The molecule has 0 atom stereocenters. The van der Waals surface area contributed by atoms with E-state index in [0.717, 1.165) is 0 Å². The molecule has 1 amide bonds. The lowest BCUT2D eigenvalue weighted by Gasteiger charge is -2.06. The number of carbonyl (C=O) groups excluding carboxylic acids is 1. The van der Waals surface area contributed by atoms with Crippen LogP contribution in [0, 0.1) is 17.1 Å². The van der Waals surface area contributed by atoms with Crippen molar-refractivity contribution in [2.75, 3.05) is 0 Å². The van der Waals surface area contributed by atoms with E-state index in [1.54, 1.807) is 6.07 Å². The first-order chi connectivity index (χ1) is 9.65. The topological polar surface area (TPSA) is 101 Å². The van der Waals surface area contributed by atoms with Crippen LogP contribution in [0.4, 0.5) is 4.39 Å². The quantitative estimate of drug-likeness (QED) is 0.500. The van der Waals surface area contributed by atoms with E-state index in [-0.39, 0.29) is 23.7 Å². The van der Waals surface area contributed by atoms with Crippen LogP contribution in [-0.2, 0) is 6.61 Å². The highest BCUT2D eigenvalue weighted by molar-refractivity contribution is 5.90. The molecule has 0 spiro atoms. The number of benzene rings is 1. The Morgan fingerprint density at radius 2 is 2.25 bits per heavy atom. The first-order valence-electron chi connectivity index (χ1n) is 5.56. The van der Waals surface area contributed by atoms with Gasteiger partial charge < -0.3 is 9.15 Å². The SMILES string of the molecule is N#Cc1c(F)cccc1OCc1ccc(C(=O)NN)o1. The van der Waals surface area contributed by atoms with Crippen LogP contribution in [0.5, 0.6) is 5.75 Å². The molecule has 3 N–H and O–H groups in total. The number of halogens is 1. The van der Waals surface area contributed by atoms with Crippen molar-refractivity contribution in [3.8, 4) is 11.8 Å². The van der Waals surface area contributed by atoms with Gasteiger partial charge in [-0.2, -0.15) is 5.26 Å². The minimum atomic E-state index is -0.660. The van der Waals surface area contributed by atoms with E-state index >= 15 is 0 Å². The lowest BCUT2D eigenvalue weighted by Crippen LogP contribution is -2.29. The van der Waals surface area contributed by atoms with Gasteiger partial charge in [0, 0.05) is 0 Å². The number of nitrogens with one attached hydrogen (secondary N) is 1. The fourth-order valence-electron chi connectivity index (χ4n) is 1.53. The molecule has 0 aliphatic rings. The Kier molecular flexibility index (Phi) is 3.98. The van der Waals surface area contributed by atoms with Crippen molar-refractivity contribution in [3.63, 3.8) is 0 Å². The Bertz CT molecular complexity index is 676. The van der Waals surface area contributed by atoms with Gasteiger partial charge in [-0.3, -0.25) is 10.2 Å². The molecule has 7 heteroatoms. The normalized spacial score (nSPS) is 9.85. The van der Waals surface area contributed by atoms with E-state index in [9.17, 15) is 9.18 Å². The molecule has 0 fully saturated rings. The second-order valence-electron chi connectivity index (χ2n) is 3.75. The Morgan fingerprint density at radius 3 is 2.95 bits per heavy atom. The van der Waals surface area contributed by atoms with E-state index in [0.29, 0.717) is 5.76 Å². The molecule has 102 valence electrons. The molecule has 2 rings (SSSR count). The second-order valence-corrected chi connectivity index (χ2v) is 3.75. The van der Waals surface area contributed by atoms with E-state index in [1.165, 1.54) is 30.3 Å². The molecule has 1 heterocycles. The number of furan rings is 1. The molecule has 0 unspecified atom stereocenters. The first kappa shape index (κ1) is 13.6. The van der Waals surface area contributed by atoms with Crippen LogP contribution >= 0.6 is 0 Å². The number of hydrazine groups is 1. The summed E-state index contributed by atoms with van der Waals surface area (Å²) in [5.74, 6) is 4.22. The number of hydrogen-bond acceptors (Lipinski definition) is 5. The van der Waals surface area contributed by atoms with Gasteiger partial charge in [0.1, 0.15) is 35.6 Å². The van der Waals surface area contributed by atoms with Gasteiger partial charge in [0.05, 0.1) is 0 Å². The van der Waals surface area contributed by atoms with E-state index in [4.69, 9.17) is 20.3 Å². The lowest BCUT2D eigenvalue weighted by molar-refractivity contribution is 0.0922. The number of nitrogens with two attached hydrogens (primary N) is 1. The molecule has 0 saturated heterocycles. The van der Waals surface area contributed by atoms with Gasteiger partial charge in [0.25, 0.3) is 0 Å². The van der Waals surface area contributed by atoms with Crippen LogP contribution in [0.25, 0.3) is 0 Å². The summed E-state index contributed by atoms with van der Waals surface area (Å²) in [6.07, 6.45) is 0. The lowest BCUT2D eigenvalue weighted by atomic mass is 10.2. The van der Waals surface area contributed by atoms with Crippen LogP contribution in [0.1, 0.15) is 21.9 Å². The molecule has 0 radical (unpaired) electrons. The maximum Gasteiger partial charge on any atom is 0.300 e. The van der Waals surface area contributed by atoms with Gasteiger partial charge in [0.15, 0.2) is 5.76 Å². The fourth-order valence-corrected chi connectivity index (χ4v) is 1.53. The van der Waals surface area contributed by atoms with Crippen molar-refractivity contribution in [1.82, 2.24) is 5.43 Å². The monoisotopic (exact) mass is 275 g/mol. The summed E-state index contributed by atoms with van der Waals surface area (Å²) >= 11 is 0. The Labute approximate surface area is 113 Å². The first-order valence-corrected chi connectivity index (χ1v) is 5.56. The number of ether oxygens (including phenoxy) is 1. The minimum Gasteiger partial charge on any atom is -0.484 e. The van der Waals surface area contributed by atoms with E-state index in [1.807, 2.05) is 5.43 Å². The second kappa shape index (κ2) is 5.86. The zero-order valence-corrected chi connectivity index (χ0v) is 10.2. The van der Waals surface area contributed by atoms with Gasteiger partial charge in [-0.25, -0.2) is 10.2 Å². The molecule has 0 bridgehead atoms. The summed E-state index contributed by atoms with van der Waals surface area (Å²) < 4.78 is 23.8. The van der Waals surface area contributed by atoms with Crippen LogP contribution in [0.2, 0.25) is 0 Å². The van der Waals surface area contributed by atoms with Crippen molar-refractivity contribution in [2.24, 2.45) is 5.84 Å². The molecule has 2 aromatic rings. The van der Waals surface area contributed by atoms with Crippen molar-refractivity contribution in [3.05, 3.63) is 53.2 Å². The van der Waals surface area contributed by atoms with Crippen LogP contribution in [0.15, 0.2) is 34.7 Å². The predicted molar refractivity (Wildman–Crippen MR) is 65.8 cm³/mol. The Balaban J connectivity index is 2.10. The predicted octanol–water partition coefficient (Wildman–Crippen LogP) is 1.47. The number of hydrogen-bond donors (Lipinski definition) is 2. The van der Waals surface area contributed by atoms with Crippen LogP contribution < -0.4 is 16.0 Å². The standard InChI is InChI=1S/C13H10FN3O3/c14-10-2-1-3-11(9(10)6-15)19-7-8-4-5-12(20-8)13(18)17-16/h1-5H,7,16H2,(H,17,18). The van der Waals surface area contributed by atoms with Crippen LogP contribution in [0.3, 0.4) is 0 Å². The Hall–Kier alpha value is -2.85. The van der Waals surface area contributed by atoms with E-state index in [2.05, 4.69) is 0 Å². The summed E-state index contributed by atoms with van der Waals surface area (Å²) in [6, 6.07) is 8.74. The summed E-state index contributed by atoms with van der Waals surface area (Å²) in [7, 11) is 0. The average Bonchev–Trinajstić information content (AvgIpc) is 2.93. The maximum atomic E-state index is 13.3. The zero-order chi connectivity index (χ0) is 14.5. The molecular weight excluding hydrogens is 265 g/mol. The van der Waals surface area contributed by atoms with E-state index < -0.39 is 11.7 Å². The molecule has 20 heavy (non-hydrogen) atoms. The number of carbonyl (C=O) groups is 1. The largest absolute Gasteiger partial charge is 0.484 e. The number of nitrogens with zero attached hydrogens (tertiary/aromatic N) is 1. The summed E-state index contributed by atoms with van der Waals surface area (Å²) in [5.41, 5.74) is 1.75. The molecule has 0 aliphatic heterocycles. The number of nitriles is 1. The molecular formula is C13H10FN3O3. The third kappa shape index (κ3) is 2.76. The third-order valence-corrected chi connectivity index (χ3v) is 2.47. The van der Waals surface area contributed by atoms with Crippen molar-refractivity contribution >= 4 is 5.91 Å². The molecule has 1 aromatic carbocycles. The fraction of sp³-hybridized carbons (Fsp3) is 0.0769. The number of rotatable bonds is 4. The minimum absolute atomic E-state index is 0.0332. The maximum absolute atomic E-state index is 13.3. The highest BCUT2D eigenvalue weighted by Crippen LogP contribution is 2.21. The molecule has 0 aliphatic carbocycles. The number of nitrogen functional groups attached to an aromatic ring is 1. The van der Waals surface area contributed by atoms with Crippen molar-refractivity contribution in [1.29, 1.82) is 5.26 Å². The average molecular weight is 275 g/mol. The Morgan fingerprint density at radius 1 is 1.45 bits per heavy atom. The number of amides is 1. The highest BCUT2D eigenvalue weighted by atomic mass is 19.1. The molecule has 6 nitrogen and oxygen atoms in total. The summed E-state index contributed by atoms with van der Waals surface area (Å²) in [6.45, 7) is -0.0457. The molecule has 1 aromatic heterocycles. The third-order valence-electron chi connectivity index (χ3n) is 2.47. The zero-order valence-electron chi connectivity index (χ0n) is 10.2. The summed E-state index contributed by atoms with van der Waals surface area (Å²) in [4.78, 5) is 11.2. The van der Waals surface area contributed by atoms with Gasteiger partial charge in [0.2, 0.25) is 0 Å².